The zero-order chi connectivity index (χ0) is 19.9. The van der Waals surface area contributed by atoms with Crippen molar-refractivity contribution >= 4 is 41.9 Å². The first-order valence-corrected chi connectivity index (χ1v) is 13.0. The predicted molar refractivity (Wildman–Crippen MR) is 110 cm³/mol. The van der Waals surface area contributed by atoms with Crippen molar-refractivity contribution in [3.05, 3.63) is 40.1 Å². The number of ether oxygens (including phenoxy) is 1. The molecule has 0 spiro atoms. The number of aromatic nitrogens is 5. The van der Waals surface area contributed by atoms with E-state index in [1.54, 1.807) is 24.5 Å². The van der Waals surface area contributed by atoms with Crippen molar-refractivity contribution < 1.29 is 9.15 Å². The van der Waals surface area contributed by atoms with Gasteiger partial charge in [-0.1, -0.05) is 31.2 Å². The Labute approximate surface area is 166 Å². The van der Waals surface area contributed by atoms with Gasteiger partial charge in [0.2, 0.25) is 0 Å². The van der Waals surface area contributed by atoms with Crippen molar-refractivity contribution in [3.8, 4) is 11.3 Å². The zero-order valence-electron chi connectivity index (χ0n) is 15.8. The summed E-state index contributed by atoms with van der Waals surface area (Å²) in [6.07, 6.45) is 3.19. The van der Waals surface area contributed by atoms with E-state index in [9.17, 15) is 4.79 Å². The van der Waals surface area contributed by atoms with Crippen molar-refractivity contribution in [3.63, 3.8) is 0 Å². The van der Waals surface area contributed by atoms with Crippen LogP contribution in [0.2, 0.25) is 30.7 Å². The normalized spacial score (nSPS) is 12.3. The molecule has 0 bridgehead atoms. The molecule has 4 rings (SSSR count). The first-order valence-electron chi connectivity index (χ1n) is 8.89. The fourth-order valence-corrected chi connectivity index (χ4v) is 3.86. The number of oxazole rings is 1. The van der Waals surface area contributed by atoms with Gasteiger partial charge < -0.3 is 9.15 Å². The number of benzene rings is 1. The standard InChI is InChI=1S/C18H20ClN5O3Si/c1-28(2,3)7-6-26-10-24-15-12(19)5-4-11(16(15)27-18(24)25)13-8-20-17-14(22-13)9-21-23-17/h4-5,8-9H,6-7,10H2,1-3H3,(H,20,21,23). The molecular weight excluding hydrogens is 398 g/mol. The quantitative estimate of drug-likeness (QED) is 0.377. The summed E-state index contributed by atoms with van der Waals surface area (Å²) in [4.78, 5) is 21.3. The molecule has 146 valence electrons. The van der Waals surface area contributed by atoms with Gasteiger partial charge >= 0.3 is 5.76 Å². The van der Waals surface area contributed by atoms with E-state index in [-0.39, 0.29) is 6.73 Å². The molecule has 0 amide bonds. The first-order chi connectivity index (χ1) is 13.3. The predicted octanol–water partition coefficient (Wildman–Crippen LogP) is 3.89. The van der Waals surface area contributed by atoms with Crippen LogP contribution in [0, 0.1) is 0 Å². The molecule has 0 unspecified atom stereocenters. The molecular formula is C18H20ClN5O3Si. The van der Waals surface area contributed by atoms with Crippen LogP contribution < -0.4 is 5.76 Å². The maximum Gasteiger partial charge on any atom is 0.421 e. The zero-order valence-corrected chi connectivity index (χ0v) is 17.6. The van der Waals surface area contributed by atoms with Crippen LogP contribution in [0.4, 0.5) is 0 Å². The van der Waals surface area contributed by atoms with Crippen LogP contribution in [-0.2, 0) is 11.5 Å². The Hall–Kier alpha value is -2.49. The molecule has 4 aromatic rings. The van der Waals surface area contributed by atoms with Gasteiger partial charge in [0.25, 0.3) is 0 Å². The number of nitrogens with one attached hydrogen (secondary N) is 1. The third kappa shape index (κ3) is 3.60. The van der Waals surface area contributed by atoms with Crippen LogP contribution in [0.5, 0.6) is 0 Å². The Bertz CT molecular complexity index is 1210. The SMILES string of the molecule is C[Si](C)(C)CCOCn1c(=O)oc2c(-c3cnc4[nH]ncc4n3)ccc(Cl)c21. The monoisotopic (exact) mass is 417 g/mol. The Kier molecular flexibility index (Phi) is 4.82. The highest BCUT2D eigenvalue weighted by Crippen LogP contribution is 2.32. The summed E-state index contributed by atoms with van der Waals surface area (Å²) in [5.41, 5.74) is 3.26. The summed E-state index contributed by atoms with van der Waals surface area (Å²) in [6, 6.07) is 4.49. The summed E-state index contributed by atoms with van der Waals surface area (Å²) < 4.78 is 12.7. The second-order valence-corrected chi connectivity index (χ2v) is 13.8. The Morgan fingerprint density at radius 2 is 2.11 bits per heavy atom. The van der Waals surface area contributed by atoms with Crippen LogP contribution in [-0.4, -0.2) is 39.4 Å². The van der Waals surface area contributed by atoms with E-state index in [4.69, 9.17) is 20.8 Å². The molecule has 3 heterocycles. The summed E-state index contributed by atoms with van der Waals surface area (Å²) in [5, 5.41) is 7.10. The number of fused-ring (bicyclic) bond motifs is 2. The van der Waals surface area contributed by atoms with Gasteiger partial charge in [0, 0.05) is 20.2 Å². The molecule has 0 aliphatic rings. The maximum atomic E-state index is 12.5. The molecule has 0 saturated carbocycles. The van der Waals surface area contributed by atoms with E-state index in [0.29, 0.717) is 45.2 Å². The van der Waals surface area contributed by atoms with E-state index in [0.717, 1.165) is 6.04 Å². The van der Waals surface area contributed by atoms with Gasteiger partial charge in [-0.15, -0.1) is 0 Å². The van der Waals surface area contributed by atoms with Gasteiger partial charge in [0.1, 0.15) is 17.8 Å². The highest BCUT2D eigenvalue weighted by Gasteiger charge is 2.19. The minimum Gasteiger partial charge on any atom is -0.407 e. The molecule has 0 fully saturated rings. The fourth-order valence-electron chi connectivity index (χ4n) is 2.85. The summed E-state index contributed by atoms with van der Waals surface area (Å²) in [5.74, 6) is -0.519. The molecule has 1 aromatic carbocycles. The molecule has 0 saturated heterocycles. The van der Waals surface area contributed by atoms with Crippen molar-refractivity contribution in [2.24, 2.45) is 0 Å². The van der Waals surface area contributed by atoms with Crippen LogP contribution in [0.1, 0.15) is 0 Å². The Morgan fingerprint density at radius 1 is 1.29 bits per heavy atom. The summed E-state index contributed by atoms with van der Waals surface area (Å²) in [7, 11) is -1.21. The molecule has 0 aliphatic carbocycles. The van der Waals surface area contributed by atoms with Gasteiger partial charge in [0.15, 0.2) is 11.2 Å². The lowest BCUT2D eigenvalue weighted by Crippen LogP contribution is -2.23. The van der Waals surface area contributed by atoms with E-state index >= 15 is 0 Å². The van der Waals surface area contributed by atoms with E-state index in [1.165, 1.54) is 4.57 Å². The second-order valence-electron chi connectivity index (χ2n) is 7.78. The van der Waals surface area contributed by atoms with Crippen LogP contribution >= 0.6 is 11.6 Å². The Morgan fingerprint density at radius 3 is 2.89 bits per heavy atom. The minimum absolute atomic E-state index is 0.0892. The van der Waals surface area contributed by atoms with Gasteiger partial charge in [-0.05, 0) is 18.2 Å². The van der Waals surface area contributed by atoms with Crippen molar-refractivity contribution in [2.75, 3.05) is 6.61 Å². The molecule has 0 atom stereocenters. The van der Waals surface area contributed by atoms with E-state index in [2.05, 4.69) is 39.8 Å². The van der Waals surface area contributed by atoms with E-state index < -0.39 is 13.8 Å². The number of halogens is 1. The smallest absolute Gasteiger partial charge is 0.407 e. The van der Waals surface area contributed by atoms with Crippen LogP contribution in [0.3, 0.4) is 0 Å². The van der Waals surface area contributed by atoms with Crippen molar-refractivity contribution in [1.29, 1.82) is 0 Å². The third-order valence-corrected chi connectivity index (χ3v) is 6.42. The topological polar surface area (TPSA) is 98.8 Å². The number of rotatable bonds is 6. The van der Waals surface area contributed by atoms with Crippen molar-refractivity contribution in [1.82, 2.24) is 24.7 Å². The molecule has 10 heteroatoms. The number of hydrogen-bond donors (Lipinski definition) is 1. The Balaban J connectivity index is 1.72. The van der Waals surface area contributed by atoms with Gasteiger partial charge in [0.05, 0.1) is 23.1 Å². The van der Waals surface area contributed by atoms with Gasteiger partial charge in [-0.25, -0.2) is 19.3 Å². The average Bonchev–Trinajstić information content (AvgIpc) is 3.22. The highest BCUT2D eigenvalue weighted by molar-refractivity contribution is 6.76. The molecule has 1 N–H and O–H groups in total. The fraction of sp³-hybridized carbons (Fsp3) is 0.333. The molecule has 0 aliphatic heterocycles. The van der Waals surface area contributed by atoms with Gasteiger partial charge in [-0.3, -0.25) is 5.10 Å². The van der Waals surface area contributed by atoms with E-state index in [1.807, 2.05) is 0 Å². The maximum absolute atomic E-state index is 12.5. The highest BCUT2D eigenvalue weighted by atomic mass is 35.5. The number of aromatic amines is 1. The second kappa shape index (κ2) is 7.15. The molecule has 3 aromatic heterocycles. The molecule has 8 nitrogen and oxygen atoms in total. The largest absolute Gasteiger partial charge is 0.421 e. The number of hydrogen-bond acceptors (Lipinski definition) is 6. The van der Waals surface area contributed by atoms with Gasteiger partial charge in [-0.2, -0.15) is 5.10 Å². The third-order valence-electron chi connectivity index (χ3n) is 4.41. The first kappa shape index (κ1) is 18.9. The number of nitrogens with zero attached hydrogens (tertiary/aromatic N) is 4. The lowest BCUT2D eigenvalue weighted by Gasteiger charge is -2.15. The van der Waals surface area contributed by atoms with Crippen LogP contribution in [0.15, 0.2) is 33.7 Å². The average molecular weight is 418 g/mol. The minimum atomic E-state index is -1.21. The summed E-state index contributed by atoms with van der Waals surface area (Å²) >= 11 is 6.38. The van der Waals surface area contributed by atoms with Crippen LogP contribution in [0.25, 0.3) is 33.5 Å². The molecule has 0 radical (unpaired) electrons. The number of H-pyrrole nitrogens is 1. The lowest BCUT2D eigenvalue weighted by molar-refractivity contribution is 0.0850. The van der Waals surface area contributed by atoms with Crippen molar-refractivity contribution in [2.45, 2.75) is 32.4 Å². The lowest BCUT2D eigenvalue weighted by atomic mass is 10.1. The summed E-state index contributed by atoms with van der Waals surface area (Å²) in [6.45, 7) is 7.51. The molecule has 28 heavy (non-hydrogen) atoms.